The van der Waals surface area contributed by atoms with Crippen molar-refractivity contribution in [3.05, 3.63) is 35.9 Å². The zero-order chi connectivity index (χ0) is 12.2. The second-order valence-corrected chi connectivity index (χ2v) is 4.83. The highest BCUT2D eigenvalue weighted by Crippen LogP contribution is 2.29. The summed E-state index contributed by atoms with van der Waals surface area (Å²) in [7, 11) is 4.10. The molecule has 0 spiro atoms. The Hall–Kier alpha value is -1.33. The molecule has 2 atom stereocenters. The average molecular weight is 216 g/mol. The molecule has 1 aromatic rings. The average Bonchev–Trinajstić information content (AvgIpc) is 2.29. The Kier molecular flexibility index (Phi) is 4.09. The smallest absolute Gasteiger partial charge is 0.0809 e. The monoisotopic (exact) mass is 216 g/mol. The van der Waals surface area contributed by atoms with Gasteiger partial charge in [-0.05, 0) is 39.9 Å². The number of hydrogen-bond acceptors (Lipinski definition) is 2. The van der Waals surface area contributed by atoms with Crippen molar-refractivity contribution in [2.24, 2.45) is 0 Å². The van der Waals surface area contributed by atoms with Crippen LogP contribution in [-0.4, -0.2) is 25.0 Å². The molecule has 0 aliphatic carbocycles. The zero-order valence-corrected chi connectivity index (χ0v) is 10.6. The number of nitrogens with zero attached hydrogens (tertiary/aromatic N) is 2. The van der Waals surface area contributed by atoms with Gasteiger partial charge in [-0.3, -0.25) is 0 Å². The minimum atomic E-state index is -0.398. The highest BCUT2D eigenvalue weighted by Gasteiger charge is 2.29. The molecule has 16 heavy (non-hydrogen) atoms. The summed E-state index contributed by atoms with van der Waals surface area (Å²) in [5.74, 6) is 0. The van der Waals surface area contributed by atoms with Crippen LogP contribution in [-0.2, 0) is 5.41 Å². The van der Waals surface area contributed by atoms with Gasteiger partial charge in [-0.1, -0.05) is 30.3 Å². The van der Waals surface area contributed by atoms with Gasteiger partial charge in [0.2, 0.25) is 0 Å². The second-order valence-electron chi connectivity index (χ2n) is 4.83. The largest absolute Gasteiger partial charge is 0.307 e. The Morgan fingerprint density at radius 3 is 2.31 bits per heavy atom. The van der Waals surface area contributed by atoms with Crippen molar-refractivity contribution in [3.63, 3.8) is 0 Å². The molecule has 0 N–H and O–H groups in total. The quantitative estimate of drug-likeness (QED) is 0.774. The van der Waals surface area contributed by atoms with E-state index in [0.29, 0.717) is 6.04 Å². The van der Waals surface area contributed by atoms with Crippen LogP contribution in [0.5, 0.6) is 0 Å². The number of nitriles is 1. The van der Waals surface area contributed by atoms with E-state index in [0.717, 1.165) is 12.0 Å². The Bertz CT molecular complexity index is 364. The van der Waals surface area contributed by atoms with Gasteiger partial charge in [0.15, 0.2) is 0 Å². The van der Waals surface area contributed by atoms with E-state index < -0.39 is 5.41 Å². The molecule has 0 saturated heterocycles. The molecular weight excluding hydrogens is 196 g/mol. The minimum Gasteiger partial charge on any atom is -0.307 e. The second kappa shape index (κ2) is 5.14. The Balaban J connectivity index is 2.92. The van der Waals surface area contributed by atoms with Gasteiger partial charge in [-0.15, -0.1) is 0 Å². The highest BCUT2D eigenvalue weighted by molar-refractivity contribution is 5.31. The van der Waals surface area contributed by atoms with Crippen LogP contribution >= 0.6 is 0 Å². The first-order chi connectivity index (χ1) is 7.49. The van der Waals surface area contributed by atoms with Crippen LogP contribution in [0.4, 0.5) is 0 Å². The lowest BCUT2D eigenvalue weighted by Gasteiger charge is -2.29. The normalized spacial score (nSPS) is 16.5. The first kappa shape index (κ1) is 12.7. The van der Waals surface area contributed by atoms with Crippen LogP contribution in [0.3, 0.4) is 0 Å². The fourth-order valence-electron chi connectivity index (χ4n) is 1.81. The van der Waals surface area contributed by atoms with Gasteiger partial charge in [0.1, 0.15) is 0 Å². The third-order valence-electron chi connectivity index (χ3n) is 3.24. The van der Waals surface area contributed by atoms with Crippen molar-refractivity contribution in [3.8, 4) is 6.07 Å². The van der Waals surface area contributed by atoms with E-state index in [1.165, 1.54) is 0 Å². The molecule has 0 saturated carbocycles. The van der Waals surface area contributed by atoms with Gasteiger partial charge < -0.3 is 4.90 Å². The molecule has 2 unspecified atom stereocenters. The van der Waals surface area contributed by atoms with Crippen molar-refractivity contribution in [2.75, 3.05) is 14.1 Å². The maximum absolute atomic E-state index is 9.40. The standard InChI is InChI=1S/C14H20N2/c1-12(16(3)4)10-14(2,11-15)13-8-6-5-7-9-13/h5-9,12H,10H2,1-4H3. The zero-order valence-electron chi connectivity index (χ0n) is 10.6. The van der Waals surface area contributed by atoms with E-state index in [-0.39, 0.29) is 0 Å². The van der Waals surface area contributed by atoms with E-state index in [1.54, 1.807) is 0 Å². The summed E-state index contributed by atoms with van der Waals surface area (Å²) < 4.78 is 0. The molecule has 0 amide bonds. The van der Waals surface area contributed by atoms with Crippen molar-refractivity contribution < 1.29 is 0 Å². The van der Waals surface area contributed by atoms with E-state index in [4.69, 9.17) is 0 Å². The van der Waals surface area contributed by atoms with Gasteiger partial charge in [0.05, 0.1) is 11.5 Å². The van der Waals surface area contributed by atoms with Gasteiger partial charge >= 0.3 is 0 Å². The molecule has 0 aromatic heterocycles. The van der Waals surface area contributed by atoms with Crippen molar-refractivity contribution in [2.45, 2.75) is 31.7 Å². The summed E-state index contributed by atoms with van der Waals surface area (Å²) >= 11 is 0. The molecule has 0 aliphatic rings. The molecule has 1 aromatic carbocycles. The molecule has 2 heteroatoms. The minimum absolute atomic E-state index is 0.393. The molecule has 2 nitrogen and oxygen atoms in total. The summed E-state index contributed by atoms with van der Waals surface area (Å²) in [5.41, 5.74) is 0.705. The fourth-order valence-corrected chi connectivity index (χ4v) is 1.81. The maximum atomic E-state index is 9.40. The van der Waals surface area contributed by atoms with E-state index >= 15 is 0 Å². The van der Waals surface area contributed by atoms with E-state index in [2.05, 4.69) is 17.9 Å². The lowest BCUT2D eigenvalue weighted by Crippen LogP contribution is -2.33. The van der Waals surface area contributed by atoms with E-state index in [9.17, 15) is 5.26 Å². The SMILES string of the molecule is CC(CC(C)(C#N)c1ccccc1)N(C)C. The van der Waals surface area contributed by atoms with Crippen molar-refractivity contribution in [1.29, 1.82) is 5.26 Å². The fraction of sp³-hybridized carbons (Fsp3) is 0.500. The Morgan fingerprint density at radius 2 is 1.88 bits per heavy atom. The molecule has 0 heterocycles. The topological polar surface area (TPSA) is 27.0 Å². The molecule has 0 fully saturated rings. The molecule has 0 radical (unpaired) electrons. The van der Waals surface area contributed by atoms with Crippen LogP contribution in [0.2, 0.25) is 0 Å². The first-order valence-corrected chi connectivity index (χ1v) is 5.63. The van der Waals surface area contributed by atoms with Gasteiger partial charge in [0.25, 0.3) is 0 Å². The summed E-state index contributed by atoms with van der Waals surface area (Å²) in [6.07, 6.45) is 0.848. The van der Waals surface area contributed by atoms with Crippen LogP contribution in [0.25, 0.3) is 0 Å². The number of rotatable bonds is 4. The van der Waals surface area contributed by atoms with Gasteiger partial charge in [0, 0.05) is 6.04 Å². The Labute approximate surface area is 98.5 Å². The van der Waals surface area contributed by atoms with Gasteiger partial charge in [-0.2, -0.15) is 5.26 Å². The third-order valence-corrected chi connectivity index (χ3v) is 3.24. The number of benzene rings is 1. The van der Waals surface area contributed by atoms with E-state index in [1.807, 2.05) is 51.4 Å². The van der Waals surface area contributed by atoms with Crippen molar-refractivity contribution in [1.82, 2.24) is 4.90 Å². The Morgan fingerprint density at radius 1 is 1.31 bits per heavy atom. The molecule has 1 rings (SSSR count). The molecule has 0 bridgehead atoms. The third kappa shape index (κ3) is 2.84. The highest BCUT2D eigenvalue weighted by atomic mass is 15.1. The predicted octanol–water partition coefficient (Wildman–Crippen LogP) is 2.81. The van der Waals surface area contributed by atoms with Crippen LogP contribution in [0.1, 0.15) is 25.8 Å². The lowest BCUT2D eigenvalue weighted by molar-refractivity contribution is 0.269. The van der Waals surface area contributed by atoms with Crippen molar-refractivity contribution >= 4 is 0 Å². The lowest BCUT2D eigenvalue weighted by atomic mass is 9.78. The first-order valence-electron chi connectivity index (χ1n) is 5.63. The molecule has 86 valence electrons. The van der Waals surface area contributed by atoms with Crippen LogP contribution < -0.4 is 0 Å². The van der Waals surface area contributed by atoms with Crippen LogP contribution in [0, 0.1) is 11.3 Å². The van der Waals surface area contributed by atoms with Crippen LogP contribution in [0.15, 0.2) is 30.3 Å². The molecular formula is C14H20N2. The summed E-state index contributed by atoms with van der Waals surface area (Å²) in [4.78, 5) is 2.15. The van der Waals surface area contributed by atoms with Gasteiger partial charge in [-0.25, -0.2) is 0 Å². The summed E-state index contributed by atoms with van der Waals surface area (Å²) in [6.45, 7) is 4.17. The number of hydrogen-bond donors (Lipinski definition) is 0. The summed E-state index contributed by atoms with van der Waals surface area (Å²) in [5, 5.41) is 9.40. The molecule has 0 aliphatic heterocycles. The maximum Gasteiger partial charge on any atom is 0.0809 e. The predicted molar refractivity (Wildman–Crippen MR) is 67.2 cm³/mol. The summed E-state index contributed by atoms with van der Waals surface area (Å²) in [6, 6.07) is 12.9.